The number of carbonyl (C=O) groups is 2. The number of nitrogens with one attached hydrogen (secondary N) is 1. The lowest BCUT2D eigenvalue weighted by Crippen LogP contribution is -2.44. The maximum Gasteiger partial charge on any atom is 0.326 e. The quantitative estimate of drug-likeness (QED) is 0.830. The maximum atomic E-state index is 12.0. The number of hydrogen-bond donors (Lipinski definition) is 2. The molecular formula is C12H15N5O3. The van der Waals surface area contributed by atoms with Crippen LogP contribution in [-0.4, -0.2) is 42.6 Å². The van der Waals surface area contributed by atoms with E-state index < -0.39 is 17.9 Å². The van der Waals surface area contributed by atoms with Crippen LogP contribution in [0, 0.1) is 12.8 Å². The molecule has 0 fully saturated rings. The number of nitrogens with zero attached hydrogens (tertiary/aromatic N) is 4. The van der Waals surface area contributed by atoms with Crippen LogP contribution >= 0.6 is 0 Å². The van der Waals surface area contributed by atoms with Crippen LogP contribution in [0.4, 0.5) is 0 Å². The minimum absolute atomic E-state index is 0.0984. The molecule has 20 heavy (non-hydrogen) atoms. The molecule has 2 heterocycles. The summed E-state index contributed by atoms with van der Waals surface area (Å²) in [5.41, 5.74) is 0.778. The van der Waals surface area contributed by atoms with Crippen molar-refractivity contribution in [3.05, 3.63) is 23.8 Å². The highest BCUT2D eigenvalue weighted by Crippen LogP contribution is 2.05. The van der Waals surface area contributed by atoms with Crippen molar-refractivity contribution in [2.24, 2.45) is 5.92 Å². The summed E-state index contributed by atoms with van der Waals surface area (Å²) >= 11 is 0. The molecule has 1 amide bonds. The highest BCUT2D eigenvalue weighted by Gasteiger charge is 2.25. The van der Waals surface area contributed by atoms with E-state index in [2.05, 4.69) is 20.4 Å². The SMILES string of the molecule is Cc1ccnc2nc(C(=O)N[C@H](C(=O)O)C(C)C)nn12. The van der Waals surface area contributed by atoms with Gasteiger partial charge in [-0.05, 0) is 18.9 Å². The molecule has 0 saturated heterocycles. The summed E-state index contributed by atoms with van der Waals surface area (Å²) in [6.45, 7) is 5.23. The van der Waals surface area contributed by atoms with Crippen LogP contribution in [0.2, 0.25) is 0 Å². The molecule has 0 aliphatic rings. The van der Waals surface area contributed by atoms with E-state index in [0.29, 0.717) is 5.78 Å². The summed E-state index contributed by atoms with van der Waals surface area (Å²) in [6, 6.07) is 0.750. The first-order chi connectivity index (χ1) is 9.40. The summed E-state index contributed by atoms with van der Waals surface area (Å²) in [5, 5.41) is 15.5. The van der Waals surface area contributed by atoms with Gasteiger partial charge in [0.15, 0.2) is 0 Å². The van der Waals surface area contributed by atoms with Gasteiger partial charge in [0, 0.05) is 11.9 Å². The van der Waals surface area contributed by atoms with Gasteiger partial charge in [0.2, 0.25) is 5.82 Å². The number of carbonyl (C=O) groups excluding carboxylic acids is 1. The monoisotopic (exact) mass is 277 g/mol. The lowest BCUT2D eigenvalue weighted by Gasteiger charge is -2.16. The van der Waals surface area contributed by atoms with E-state index in [1.165, 1.54) is 4.52 Å². The Labute approximate surface area is 114 Å². The molecule has 0 spiro atoms. The zero-order chi connectivity index (χ0) is 14.9. The third-order valence-electron chi connectivity index (χ3n) is 2.85. The fraction of sp³-hybridized carbons (Fsp3) is 0.417. The molecule has 0 saturated carbocycles. The van der Waals surface area contributed by atoms with Crippen molar-refractivity contribution in [1.82, 2.24) is 24.9 Å². The van der Waals surface area contributed by atoms with Gasteiger partial charge in [0.1, 0.15) is 6.04 Å². The van der Waals surface area contributed by atoms with Crippen molar-refractivity contribution in [2.75, 3.05) is 0 Å². The standard InChI is InChI=1S/C12H15N5O3/c1-6(2)8(11(19)20)14-10(18)9-15-12-13-5-4-7(3)17(12)16-9/h4-6,8H,1-3H3,(H,14,18)(H,19,20)/t8-/m0/s1. The van der Waals surface area contributed by atoms with Crippen molar-refractivity contribution in [1.29, 1.82) is 0 Å². The Hall–Kier alpha value is -2.51. The molecule has 2 N–H and O–H groups in total. The van der Waals surface area contributed by atoms with Crippen molar-refractivity contribution < 1.29 is 14.7 Å². The molecule has 1 atom stereocenters. The number of aliphatic carboxylic acids is 1. The lowest BCUT2D eigenvalue weighted by molar-refractivity contribution is -0.140. The summed E-state index contributed by atoms with van der Waals surface area (Å²) < 4.78 is 1.43. The van der Waals surface area contributed by atoms with Crippen LogP contribution in [0.15, 0.2) is 12.3 Å². The van der Waals surface area contributed by atoms with Crippen molar-refractivity contribution in [3.8, 4) is 0 Å². The zero-order valence-electron chi connectivity index (χ0n) is 11.4. The van der Waals surface area contributed by atoms with Crippen molar-refractivity contribution in [2.45, 2.75) is 26.8 Å². The van der Waals surface area contributed by atoms with Gasteiger partial charge in [-0.25, -0.2) is 14.3 Å². The molecule has 2 rings (SSSR count). The Morgan fingerprint density at radius 2 is 2.10 bits per heavy atom. The number of carboxylic acids is 1. The largest absolute Gasteiger partial charge is 0.480 e. The highest BCUT2D eigenvalue weighted by molar-refractivity contribution is 5.93. The number of fused-ring (bicyclic) bond motifs is 1. The first kappa shape index (κ1) is 13.9. The third-order valence-corrected chi connectivity index (χ3v) is 2.85. The van der Waals surface area contributed by atoms with Crippen LogP contribution in [-0.2, 0) is 4.79 Å². The average Bonchev–Trinajstić information content (AvgIpc) is 2.80. The molecule has 106 valence electrons. The molecule has 8 nitrogen and oxygen atoms in total. The van der Waals surface area contributed by atoms with E-state index in [9.17, 15) is 9.59 Å². The topological polar surface area (TPSA) is 109 Å². The van der Waals surface area contributed by atoms with Crippen LogP contribution in [0.3, 0.4) is 0 Å². The predicted octanol–water partition coefficient (Wildman–Crippen LogP) is 0.272. The Morgan fingerprint density at radius 3 is 2.65 bits per heavy atom. The van der Waals surface area contributed by atoms with Gasteiger partial charge in [-0.3, -0.25) is 4.79 Å². The normalized spacial score (nSPS) is 12.6. The molecular weight excluding hydrogens is 262 g/mol. The smallest absolute Gasteiger partial charge is 0.326 e. The first-order valence-electron chi connectivity index (χ1n) is 6.12. The highest BCUT2D eigenvalue weighted by atomic mass is 16.4. The second kappa shape index (κ2) is 5.24. The van der Waals surface area contributed by atoms with Gasteiger partial charge in [0.25, 0.3) is 11.7 Å². The van der Waals surface area contributed by atoms with Crippen molar-refractivity contribution in [3.63, 3.8) is 0 Å². The minimum atomic E-state index is -1.09. The molecule has 0 aliphatic carbocycles. The lowest BCUT2D eigenvalue weighted by atomic mass is 10.1. The second-order valence-electron chi connectivity index (χ2n) is 4.77. The molecule has 0 unspecified atom stereocenters. The van der Waals surface area contributed by atoms with Crippen LogP contribution in [0.1, 0.15) is 30.2 Å². The fourth-order valence-corrected chi connectivity index (χ4v) is 1.72. The van der Waals surface area contributed by atoms with Gasteiger partial charge in [-0.15, -0.1) is 5.10 Å². The van der Waals surface area contributed by atoms with Crippen LogP contribution in [0.5, 0.6) is 0 Å². The van der Waals surface area contributed by atoms with Crippen LogP contribution in [0.25, 0.3) is 5.78 Å². The summed E-state index contributed by atoms with van der Waals surface area (Å²) in [6.07, 6.45) is 1.56. The van der Waals surface area contributed by atoms with Crippen LogP contribution < -0.4 is 5.32 Å². The van der Waals surface area contributed by atoms with E-state index in [1.54, 1.807) is 33.0 Å². The fourth-order valence-electron chi connectivity index (χ4n) is 1.72. The van der Waals surface area contributed by atoms with E-state index in [1.807, 2.05) is 0 Å². The van der Waals surface area contributed by atoms with E-state index >= 15 is 0 Å². The molecule has 0 bridgehead atoms. The van der Waals surface area contributed by atoms with Gasteiger partial charge in [0.05, 0.1) is 0 Å². The first-order valence-corrected chi connectivity index (χ1v) is 6.12. The van der Waals surface area contributed by atoms with E-state index in [4.69, 9.17) is 5.11 Å². The average molecular weight is 277 g/mol. The van der Waals surface area contributed by atoms with Crippen molar-refractivity contribution >= 4 is 17.7 Å². The number of hydrogen-bond acceptors (Lipinski definition) is 5. The number of carboxylic acid groups (broad SMARTS) is 1. The van der Waals surface area contributed by atoms with Gasteiger partial charge in [-0.2, -0.15) is 4.98 Å². The third kappa shape index (κ3) is 2.58. The molecule has 2 aromatic heterocycles. The summed E-state index contributed by atoms with van der Waals surface area (Å²) in [4.78, 5) is 31.0. The van der Waals surface area contributed by atoms with E-state index in [-0.39, 0.29) is 11.7 Å². The van der Waals surface area contributed by atoms with Gasteiger partial charge in [-0.1, -0.05) is 13.8 Å². The number of rotatable bonds is 4. The minimum Gasteiger partial charge on any atom is -0.480 e. The number of aromatic nitrogens is 4. The second-order valence-corrected chi connectivity index (χ2v) is 4.77. The number of aryl methyl sites for hydroxylation is 1. The summed E-state index contributed by atoms with van der Waals surface area (Å²) in [5.74, 6) is -1.76. The van der Waals surface area contributed by atoms with Gasteiger partial charge >= 0.3 is 5.97 Å². The Kier molecular flexibility index (Phi) is 3.64. The Morgan fingerprint density at radius 1 is 1.40 bits per heavy atom. The Balaban J connectivity index is 2.27. The molecule has 0 aliphatic heterocycles. The van der Waals surface area contributed by atoms with E-state index in [0.717, 1.165) is 5.69 Å². The zero-order valence-corrected chi connectivity index (χ0v) is 11.4. The predicted molar refractivity (Wildman–Crippen MR) is 69.2 cm³/mol. The van der Waals surface area contributed by atoms with Gasteiger partial charge < -0.3 is 10.4 Å². The molecule has 2 aromatic rings. The molecule has 0 aromatic carbocycles. The summed E-state index contributed by atoms with van der Waals surface area (Å²) in [7, 11) is 0. The number of amides is 1. The Bertz CT molecular complexity index is 664. The molecule has 8 heteroatoms. The maximum absolute atomic E-state index is 12.0. The molecule has 0 radical (unpaired) electrons.